The number of halogens is 3. The fraction of sp³-hybridized carbons (Fsp3) is 0.565. The highest BCUT2D eigenvalue weighted by Gasteiger charge is 2.56. The molecule has 0 aliphatic heterocycles. The second-order valence-electron chi connectivity index (χ2n) is 7.92. The van der Waals surface area contributed by atoms with Crippen molar-refractivity contribution >= 4 is 50.2 Å². The van der Waals surface area contributed by atoms with E-state index in [0.717, 1.165) is 43.3 Å². The quantitative estimate of drug-likeness (QED) is 0.208. The zero-order valence-corrected chi connectivity index (χ0v) is 20.4. The molecular formula is C23H27BrF2O2S2. The lowest BCUT2D eigenvalue weighted by molar-refractivity contribution is 0.0190. The van der Waals surface area contributed by atoms with E-state index >= 15 is 0 Å². The number of carbonyl (C=O) groups is 2. The minimum atomic E-state index is -3.89. The zero-order valence-electron chi connectivity index (χ0n) is 17.2. The van der Waals surface area contributed by atoms with Gasteiger partial charge in [0.05, 0.1) is 8.66 Å². The molecule has 0 N–H and O–H groups in total. The van der Waals surface area contributed by atoms with Crippen molar-refractivity contribution in [2.24, 2.45) is 0 Å². The Bertz CT molecular complexity index is 866. The first-order valence-corrected chi connectivity index (χ1v) is 13.2. The predicted molar refractivity (Wildman–Crippen MR) is 124 cm³/mol. The van der Waals surface area contributed by atoms with E-state index in [-0.39, 0.29) is 10.4 Å². The Labute approximate surface area is 193 Å². The van der Waals surface area contributed by atoms with Crippen LogP contribution in [-0.2, 0) is 6.42 Å². The molecule has 0 unspecified atom stereocenters. The van der Waals surface area contributed by atoms with Crippen LogP contribution in [0.4, 0.5) is 8.78 Å². The van der Waals surface area contributed by atoms with Gasteiger partial charge in [-0.3, -0.25) is 9.59 Å². The zero-order chi connectivity index (χ0) is 21.7. The summed E-state index contributed by atoms with van der Waals surface area (Å²) in [6.45, 7) is 2.24. The second-order valence-corrected chi connectivity index (χ2v) is 11.4. The molecule has 0 spiro atoms. The first-order valence-electron chi connectivity index (χ1n) is 10.8. The standard InChI is InChI=1S/C23H27BrF2O2S2/c1-2-3-4-5-6-7-8-9-10-11-12-15-13-18(24)30-19(15)17-14-16-20(29-17)22(28)23(25,26)21(16)27/h13-14H,2-12H2,1H3. The minimum absolute atomic E-state index is 0.102. The summed E-state index contributed by atoms with van der Waals surface area (Å²) >= 11 is 6.06. The molecule has 2 nitrogen and oxygen atoms in total. The van der Waals surface area contributed by atoms with Crippen LogP contribution >= 0.6 is 38.6 Å². The predicted octanol–water partition coefficient (Wildman–Crippen LogP) is 8.72. The van der Waals surface area contributed by atoms with E-state index in [1.54, 1.807) is 0 Å². The topological polar surface area (TPSA) is 34.1 Å². The summed E-state index contributed by atoms with van der Waals surface area (Å²) in [5, 5.41) is 0. The van der Waals surface area contributed by atoms with Gasteiger partial charge in [-0.05, 0) is 46.5 Å². The van der Waals surface area contributed by atoms with Gasteiger partial charge in [0, 0.05) is 15.3 Å². The third-order valence-corrected chi connectivity index (χ3v) is 8.55. The van der Waals surface area contributed by atoms with E-state index in [0.29, 0.717) is 0 Å². The van der Waals surface area contributed by atoms with Crippen LogP contribution in [0, 0.1) is 0 Å². The summed E-state index contributed by atoms with van der Waals surface area (Å²) in [7, 11) is 0. The number of carbonyl (C=O) groups excluding carboxylic acids is 2. The van der Waals surface area contributed by atoms with Crippen LogP contribution in [0.25, 0.3) is 9.75 Å². The smallest absolute Gasteiger partial charge is 0.287 e. The van der Waals surface area contributed by atoms with Crippen molar-refractivity contribution in [3.8, 4) is 9.75 Å². The van der Waals surface area contributed by atoms with E-state index in [1.807, 2.05) is 0 Å². The van der Waals surface area contributed by atoms with Crippen molar-refractivity contribution in [3.05, 3.63) is 31.9 Å². The summed E-state index contributed by atoms with van der Waals surface area (Å²) in [5.74, 6) is -6.61. The first kappa shape index (κ1) is 23.7. The molecule has 1 aliphatic rings. The van der Waals surface area contributed by atoms with Crippen LogP contribution in [0.5, 0.6) is 0 Å². The molecule has 0 fully saturated rings. The molecule has 30 heavy (non-hydrogen) atoms. The number of unbranched alkanes of at least 4 members (excludes halogenated alkanes) is 9. The first-order chi connectivity index (χ1) is 14.4. The maximum absolute atomic E-state index is 13.6. The maximum Gasteiger partial charge on any atom is 0.372 e. The molecule has 1 aliphatic carbocycles. The lowest BCUT2D eigenvalue weighted by Gasteiger charge is -2.05. The molecule has 2 aromatic rings. The summed E-state index contributed by atoms with van der Waals surface area (Å²) in [6, 6.07) is 3.54. The van der Waals surface area contributed by atoms with Gasteiger partial charge in [0.15, 0.2) is 0 Å². The third-order valence-electron chi connectivity index (χ3n) is 5.56. The van der Waals surface area contributed by atoms with Crippen LogP contribution in [0.3, 0.4) is 0 Å². The Morgan fingerprint density at radius 2 is 1.43 bits per heavy atom. The fourth-order valence-corrected chi connectivity index (χ4v) is 6.81. The molecular weight excluding hydrogens is 490 g/mol. The molecule has 0 saturated carbocycles. The normalized spacial score (nSPS) is 15.2. The second kappa shape index (κ2) is 10.6. The van der Waals surface area contributed by atoms with Crippen molar-refractivity contribution in [2.45, 2.75) is 83.5 Å². The molecule has 2 heterocycles. The molecule has 0 amide bonds. The van der Waals surface area contributed by atoms with Gasteiger partial charge in [0.2, 0.25) is 5.78 Å². The average molecular weight is 518 g/mol. The largest absolute Gasteiger partial charge is 0.372 e. The molecule has 3 rings (SSSR count). The van der Waals surface area contributed by atoms with Crippen LogP contribution in [0.2, 0.25) is 0 Å². The highest BCUT2D eigenvalue weighted by molar-refractivity contribution is 9.11. The monoisotopic (exact) mass is 516 g/mol. The van der Waals surface area contributed by atoms with Gasteiger partial charge in [-0.25, -0.2) is 0 Å². The Morgan fingerprint density at radius 1 is 0.833 bits per heavy atom. The Balaban J connectivity index is 1.52. The molecule has 0 radical (unpaired) electrons. The van der Waals surface area contributed by atoms with E-state index in [1.165, 1.54) is 75.2 Å². The van der Waals surface area contributed by atoms with Crippen molar-refractivity contribution in [2.75, 3.05) is 0 Å². The van der Waals surface area contributed by atoms with Gasteiger partial charge in [-0.15, -0.1) is 22.7 Å². The molecule has 0 atom stereocenters. The number of aryl methyl sites for hydroxylation is 1. The molecule has 2 aromatic heterocycles. The highest BCUT2D eigenvalue weighted by atomic mass is 79.9. The summed E-state index contributed by atoms with van der Waals surface area (Å²) in [4.78, 5) is 25.3. The summed E-state index contributed by atoms with van der Waals surface area (Å²) in [5.41, 5.74) is 1.03. The van der Waals surface area contributed by atoms with Gasteiger partial charge in [0.1, 0.15) is 0 Å². The van der Waals surface area contributed by atoms with Gasteiger partial charge in [-0.1, -0.05) is 64.7 Å². The maximum atomic E-state index is 13.6. The molecule has 0 saturated heterocycles. The third kappa shape index (κ3) is 5.28. The van der Waals surface area contributed by atoms with Gasteiger partial charge < -0.3 is 0 Å². The number of hydrogen-bond acceptors (Lipinski definition) is 4. The van der Waals surface area contributed by atoms with E-state index in [4.69, 9.17) is 0 Å². The Hall–Kier alpha value is -0.920. The highest BCUT2D eigenvalue weighted by Crippen LogP contribution is 2.46. The number of rotatable bonds is 12. The van der Waals surface area contributed by atoms with E-state index < -0.39 is 17.5 Å². The Morgan fingerprint density at radius 3 is 2.03 bits per heavy atom. The van der Waals surface area contributed by atoms with Crippen molar-refractivity contribution in [1.82, 2.24) is 0 Å². The number of alkyl halides is 2. The SMILES string of the molecule is CCCCCCCCCCCCc1cc(Br)sc1-c1cc2c(s1)C(=O)C(F)(F)C2=O. The van der Waals surface area contributed by atoms with Crippen molar-refractivity contribution < 1.29 is 18.4 Å². The van der Waals surface area contributed by atoms with Crippen LogP contribution in [0.1, 0.15) is 96.7 Å². The van der Waals surface area contributed by atoms with Gasteiger partial charge in [0.25, 0.3) is 5.78 Å². The number of fused-ring (bicyclic) bond motifs is 1. The number of hydrogen-bond donors (Lipinski definition) is 0. The molecule has 0 bridgehead atoms. The number of Topliss-reactive ketones (excluding diaryl/α,β-unsaturated/α-hetero) is 2. The van der Waals surface area contributed by atoms with E-state index in [9.17, 15) is 18.4 Å². The fourth-order valence-electron chi connectivity index (χ4n) is 3.85. The van der Waals surface area contributed by atoms with Crippen LogP contribution in [-0.4, -0.2) is 17.5 Å². The van der Waals surface area contributed by atoms with Crippen molar-refractivity contribution in [1.29, 1.82) is 0 Å². The van der Waals surface area contributed by atoms with Crippen molar-refractivity contribution in [3.63, 3.8) is 0 Å². The molecule has 0 aromatic carbocycles. The van der Waals surface area contributed by atoms with Crippen LogP contribution in [0.15, 0.2) is 15.9 Å². The lowest BCUT2D eigenvalue weighted by atomic mass is 10.0. The summed E-state index contributed by atoms with van der Waals surface area (Å²) in [6.07, 6.45) is 13.7. The molecule has 7 heteroatoms. The molecule has 164 valence electrons. The number of ketones is 2. The Kier molecular flexibility index (Phi) is 8.39. The van der Waals surface area contributed by atoms with E-state index in [2.05, 4.69) is 28.9 Å². The lowest BCUT2D eigenvalue weighted by Crippen LogP contribution is -2.30. The van der Waals surface area contributed by atoms with Gasteiger partial charge in [-0.2, -0.15) is 8.78 Å². The minimum Gasteiger partial charge on any atom is -0.287 e. The van der Waals surface area contributed by atoms with Crippen LogP contribution < -0.4 is 0 Å². The summed E-state index contributed by atoms with van der Waals surface area (Å²) < 4.78 is 28.3. The number of thiophene rings is 2. The average Bonchev–Trinajstić information content (AvgIpc) is 3.34. The van der Waals surface area contributed by atoms with Gasteiger partial charge >= 0.3 is 5.92 Å².